The Morgan fingerprint density at radius 2 is 2.18 bits per heavy atom. The van der Waals surface area contributed by atoms with Crippen molar-refractivity contribution in [3.63, 3.8) is 0 Å². The lowest BCUT2D eigenvalue weighted by atomic mass is 10.1. The van der Waals surface area contributed by atoms with E-state index in [2.05, 4.69) is 20.8 Å². The largest absolute Gasteiger partial charge is 0.378 e. The average molecular weight is 339 g/mol. The summed E-state index contributed by atoms with van der Waals surface area (Å²) < 4.78 is 5.46. The van der Waals surface area contributed by atoms with Gasteiger partial charge >= 0.3 is 0 Å². The predicted molar refractivity (Wildman–Crippen MR) is 75.3 cm³/mol. The molecule has 0 N–H and O–H groups in total. The quantitative estimate of drug-likeness (QED) is 0.781. The van der Waals surface area contributed by atoms with Crippen LogP contribution in [-0.2, 0) is 11.3 Å². The van der Waals surface area contributed by atoms with Gasteiger partial charge in [0.05, 0.1) is 23.3 Å². The van der Waals surface area contributed by atoms with Crippen molar-refractivity contribution >= 4 is 39.1 Å². The molecule has 1 fully saturated rings. The van der Waals surface area contributed by atoms with Crippen LogP contribution in [0.1, 0.15) is 5.56 Å². The SMILES string of the molecule is Clc1ccc(CN2CCOCC2CBr)cc1Cl. The zero-order chi connectivity index (χ0) is 12.3. The van der Waals surface area contributed by atoms with Gasteiger partial charge in [0.2, 0.25) is 0 Å². The zero-order valence-corrected chi connectivity index (χ0v) is 12.4. The summed E-state index contributed by atoms with van der Waals surface area (Å²) in [6, 6.07) is 6.24. The average Bonchev–Trinajstić information content (AvgIpc) is 2.34. The fourth-order valence-corrected chi connectivity index (χ4v) is 2.83. The van der Waals surface area contributed by atoms with Crippen molar-refractivity contribution < 1.29 is 4.74 Å². The topological polar surface area (TPSA) is 12.5 Å². The third-order valence-electron chi connectivity index (χ3n) is 2.90. The normalized spacial score (nSPS) is 21.7. The molecule has 1 aliphatic rings. The molecule has 0 amide bonds. The minimum Gasteiger partial charge on any atom is -0.378 e. The molecule has 1 aromatic rings. The Balaban J connectivity index is 2.05. The number of benzene rings is 1. The molecular formula is C12H14BrCl2NO. The lowest BCUT2D eigenvalue weighted by Crippen LogP contribution is -2.45. The summed E-state index contributed by atoms with van der Waals surface area (Å²) in [5, 5.41) is 2.15. The molecule has 0 radical (unpaired) electrons. The number of halogens is 3. The molecule has 2 nitrogen and oxygen atoms in total. The van der Waals surface area contributed by atoms with Crippen molar-refractivity contribution in [1.82, 2.24) is 4.90 Å². The van der Waals surface area contributed by atoms with Gasteiger partial charge in [-0.1, -0.05) is 45.2 Å². The molecular weight excluding hydrogens is 325 g/mol. The van der Waals surface area contributed by atoms with Crippen LogP contribution in [0, 0.1) is 0 Å². The van der Waals surface area contributed by atoms with Gasteiger partial charge in [0.15, 0.2) is 0 Å². The van der Waals surface area contributed by atoms with Gasteiger partial charge in [0.25, 0.3) is 0 Å². The van der Waals surface area contributed by atoms with Crippen molar-refractivity contribution in [1.29, 1.82) is 0 Å². The Hall–Kier alpha value is 0.200. The maximum atomic E-state index is 6.02. The van der Waals surface area contributed by atoms with Gasteiger partial charge in [-0.15, -0.1) is 0 Å². The third kappa shape index (κ3) is 3.58. The van der Waals surface area contributed by atoms with E-state index in [1.165, 1.54) is 5.56 Å². The molecule has 0 aliphatic carbocycles. The fourth-order valence-electron chi connectivity index (χ4n) is 1.91. The zero-order valence-electron chi connectivity index (χ0n) is 9.33. The van der Waals surface area contributed by atoms with E-state index in [0.29, 0.717) is 16.1 Å². The van der Waals surface area contributed by atoms with Crippen LogP contribution < -0.4 is 0 Å². The summed E-state index contributed by atoms with van der Waals surface area (Å²) >= 11 is 15.4. The van der Waals surface area contributed by atoms with Crippen LogP contribution in [0.3, 0.4) is 0 Å². The highest BCUT2D eigenvalue weighted by atomic mass is 79.9. The van der Waals surface area contributed by atoms with Crippen molar-refractivity contribution in [3.05, 3.63) is 33.8 Å². The van der Waals surface area contributed by atoms with E-state index < -0.39 is 0 Å². The van der Waals surface area contributed by atoms with Crippen LogP contribution in [-0.4, -0.2) is 36.0 Å². The smallest absolute Gasteiger partial charge is 0.0630 e. The first-order chi connectivity index (χ1) is 8.20. The Kier molecular flexibility index (Phi) is 5.12. The van der Waals surface area contributed by atoms with Crippen molar-refractivity contribution in [2.75, 3.05) is 25.1 Å². The molecule has 0 aromatic heterocycles. The van der Waals surface area contributed by atoms with Crippen molar-refractivity contribution in [2.45, 2.75) is 12.6 Å². The first kappa shape index (κ1) is 13.6. The highest BCUT2D eigenvalue weighted by Crippen LogP contribution is 2.24. The van der Waals surface area contributed by atoms with E-state index >= 15 is 0 Å². The lowest BCUT2D eigenvalue weighted by Gasteiger charge is -2.34. The molecule has 0 bridgehead atoms. The number of hydrogen-bond acceptors (Lipinski definition) is 2. The molecule has 1 aliphatic heterocycles. The number of rotatable bonds is 3. The van der Waals surface area contributed by atoms with Gasteiger partial charge < -0.3 is 4.74 Å². The standard InChI is InChI=1S/C12H14BrCl2NO/c13-6-10-8-17-4-3-16(10)7-9-1-2-11(14)12(15)5-9/h1-2,5,10H,3-4,6-8H2. The second-order valence-electron chi connectivity index (χ2n) is 4.10. The van der Waals surface area contributed by atoms with Gasteiger partial charge in [-0.2, -0.15) is 0 Å². The number of hydrogen-bond donors (Lipinski definition) is 0. The molecule has 17 heavy (non-hydrogen) atoms. The fraction of sp³-hybridized carbons (Fsp3) is 0.500. The van der Waals surface area contributed by atoms with E-state index in [4.69, 9.17) is 27.9 Å². The summed E-state index contributed by atoms with van der Waals surface area (Å²) in [6.45, 7) is 3.42. The number of nitrogens with zero attached hydrogens (tertiary/aromatic N) is 1. The van der Waals surface area contributed by atoms with Crippen LogP contribution in [0.5, 0.6) is 0 Å². The molecule has 0 saturated carbocycles. The minimum atomic E-state index is 0.429. The highest BCUT2D eigenvalue weighted by molar-refractivity contribution is 9.09. The molecule has 2 rings (SSSR count). The molecule has 1 atom stereocenters. The van der Waals surface area contributed by atoms with E-state index in [-0.39, 0.29) is 0 Å². The van der Waals surface area contributed by atoms with Crippen LogP contribution >= 0.6 is 39.1 Å². The minimum absolute atomic E-state index is 0.429. The van der Waals surface area contributed by atoms with Gasteiger partial charge in [0.1, 0.15) is 0 Å². The van der Waals surface area contributed by atoms with Crippen LogP contribution in [0.25, 0.3) is 0 Å². The van der Waals surface area contributed by atoms with Crippen LogP contribution in [0.15, 0.2) is 18.2 Å². The summed E-state index contributed by atoms with van der Waals surface area (Å²) in [4.78, 5) is 2.40. The van der Waals surface area contributed by atoms with E-state index in [1.54, 1.807) is 0 Å². The summed E-state index contributed by atoms with van der Waals surface area (Å²) in [5.74, 6) is 0. The summed E-state index contributed by atoms with van der Waals surface area (Å²) in [7, 11) is 0. The summed E-state index contributed by atoms with van der Waals surface area (Å²) in [5.41, 5.74) is 1.19. The number of ether oxygens (including phenoxy) is 1. The first-order valence-corrected chi connectivity index (χ1v) is 7.40. The lowest BCUT2D eigenvalue weighted by molar-refractivity contribution is -0.00212. The molecule has 1 saturated heterocycles. The second kappa shape index (κ2) is 6.39. The molecule has 0 spiro atoms. The van der Waals surface area contributed by atoms with Crippen LogP contribution in [0.2, 0.25) is 10.0 Å². The number of morpholine rings is 1. The molecule has 5 heteroatoms. The molecule has 94 valence electrons. The van der Waals surface area contributed by atoms with Crippen molar-refractivity contribution in [2.24, 2.45) is 0 Å². The highest BCUT2D eigenvalue weighted by Gasteiger charge is 2.21. The van der Waals surface area contributed by atoms with E-state index in [0.717, 1.165) is 31.6 Å². The Morgan fingerprint density at radius 3 is 2.88 bits per heavy atom. The van der Waals surface area contributed by atoms with Gasteiger partial charge in [0, 0.05) is 24.5 Å². The molecule has 1 heterocycles. The predicted octanol–water partition coefficient (Wildman–Crippen LogP) is 3.59. The van der Waals surface area contributed by atoms with E-state index in [9.17, 15) is 0 Å². The molecule has 1 aromatic carbocycles. The number of alkyl halides is 1. The van der Waals surface area contributed by atoms with Gasteiger partial charge in [-0.05, 0) is 17.7 Å². The van der Waals surface area contributed by atoms with Gasteiger partial charge in [-0.25, -0.2) is 0 Å². The van der Waals surface area contributed by atoms with E-state index in [1.807, 2.05) is 18.2 Å². The van der Waals surface area contributed by atoms with Gasteiger partial charge in [-0.3, -0.25) is 4.90 Å². The Bertz CT molecular complexity index is 389. The maximum absolute atomic E-state index is 6.02. The second-order valence-corrected chi connectivity index (χ2v) is 5.56. The first-order valence-electron chi connectivity index (χ1n) is 5.52. The monoisotopic (exact) mass is 337 g/mol. The Morgan fingerprint density at radius 1 is 1.35 bits per heavy atom. The Labute approximate surface area is 120 Å². The third-order valence-corrected chi connectivity index (χ3v) is 4.38. The summed E-state index contributed by atoms with van der Waals surface area (Å²) in [6.07, 6.45) is 0. The maximum Gasteiger partial charge on any atom is 0.0630 e. The molecule has 1 unspecified atom stereocenters. The van der Waals surface area contributed by atoms with Crippen LogP contribution in [0.4, 0.5) is 0 Å². The van der Waals surface area contributed by atoms with Crippen molar-refractivity contribution in [3.8, 4) is 0 Å².